The molecule has 0 radical (unpaired) electrons. The molecule has 0 unspecified atom stereocenters. The van der Waals surface area contributed by atoms with E-state index in [4.69, 9.17) is 11.6 Å². The molecule has 0 spiro atoms. The summed E-state index contributed by atoms with van der Waals surface area (Å²) in [6.45, 7) is 1.72. The summed E-state index contributed by atoms with van der Waals surface area (Å²) in [6, 6.07) is 0. The number of ether oxygens (including phenoxy) is 2. The lowest BCUT2D eigenvalue weighted by atomic mass is 10.6. The number of carbonyl (C=O) groups is 2. The van der Waals surface area contributed by atoms with E-state index in [0.717, 1.165) is 0 Å². The van der Waals surface area contributed by atoms with Crippen LogP contribution in [0.1, 0.15) is 6.92 Å². The SMILES string of the molecule is CCOC(=O)C#CCOC(=O)Cl. The monoisotopic (exact) mass is 190 g/mol. The summed E-state index contributed by atoms with van der Waals surface area (Å²) < 4.78 is 8.68. The van der Waals surface area contributed by atoms with Gasteiger partial charge in [0.1, 0.15) is 0 Å². The largest absolute Gasteiger partial charge is 0.456 e. The third-order valence-corrected chi connectivity index (χ3v) is 0.833. The summed E-state index contributed by atoms with van der Waals surface area (Å²) in [5.74, 6) is 3.69. The Bertz CT molecular complexity index is 225. The van der Waals surface area contributed by atoms with Crippen molar-refractivity contribution < 1.29 is 19.1 Å². The molecule has 0 bridgehead atoms. The minimum Gasteiger partial charge on any atom is -0.456 e. The van der Waals surface area contributed by atoms with Gasteiger partial charge in [0.2, 0.25) is 0 Å². The molecule has 5 heteroatoms. The van der Waals surface area contributed by atoms with Crippen LogP contribution >= 0.6 is 11.6 Å². The molecule has 0 amide bonds. The second-order valence-electron chi connectivity index (χ2n) is 1.55. The maximum Gasteiger partial charge on any atom is 0.404 e. The molecule has 0 aromatic heterocycles. The first-order valence-corrected chi connectivity index (χ1v) is 3.52. The van der Waals surface area contributed by atoms with Gasteiger partial charge in [-0.05, 0) is 12.8 Å². The summed E-state index contributed by atoms with van der Waals surface area (Å²) in [5.41, 5.74) is -0.951. The molecule has 0 aliphatic carbocycles. The third-order valence-electron chi connectivity index (χ3n) is 0.724. The number of rotatable bonds is 2. The lowest BCUT2D eigenvalue weighted by molar-refractivity contribution is -0.136. The Morgan fingerprint density at radius 2 is 2.08 bits per heavy atom. The van der Waals surface area contributed by atoms with Gasteiger partial charge in [0.05, 0.1) is 6.61 Å². The van der Waals surface area contributed by atoms with E-state index in [9.17, 15) is 9.59 Å². The predicted molar refractivity (Wildman–Crippen MR) is 41.6 cm³/mol. The summed E-state index contributed by atoms with van der Waals surface area (Å²) in [6.07, 6.45) is 0. The molecule has 12 heavy (non-hydrogen) atoms. The first-order chi connectivity index (χ1) is 5.66. The Morgan fingerprint density at radius 3 is 2.58 bits per heavy atom. The topological polar surface area (TPSA) is 52.6 Å². The van der Waals surface area contributed by atoms with Gasteiger partial charge in [0, 0.05) is 17.5 Å². The van der Waals surface area contributed by atoms with Crippen LogP contribution in [-0.4, -0.2) is 24.6 Å². The smallest absolute Gasteiger partial charge is 0.404 e. The van der Waals surface area contributed by atoms with Crippen LogP contribution < -0.4 is 0 Å². The van der Waals surface area contributed by atoms with Gasteiger partial charge in [-0.2, -0.15) is 0 Å². The van der Waals surface area contributed by atoms with Crippen molar-refractivity contribution in [2.75, 3.05) is 13.2 Å². The fourth-order valence-electron chi connectivity index (χ4n) is 0.368. The van der Waals surface area contributed by atoms with Crippen molar-refractivity contribution >= 4 is 23.0 Å². The standard InChI is InChI=1S/C7H7ClO4/c1-2-11-6(9)4-3-5-12-7(8)10/h2,5H2,1H3. The highest BCUT2D eigenvalue weighted by Gasteiger charge is 1.93. The van der Waals surface area contributed by atoms with Crippen LogP contribution in [0.4, 0.5) is 4.79 Å². The van der Waals surface area contributed by atoms with Crippen LogP contribution in [0.25, 0.3) is 0 Å². The molecular formula is C7H7ClO4. The second-order valence-corrected chi connectivity index (χ2v) is 1.86. The second kappa shape index (κ2) is 6.50. The van der Waals surface area contributed by atoms with Gasteiger partial charge in [0.15, 0.2) is 6.61 Å². The molecule has 0 aromatic rings. The highest BCUT2D eigenvalue weighted by atomic mass is 35.5. The van der Waals surface area contributed by atoms with E-state index >= 15 is 0 Å². The van der Waals surface area contributed by atoms with Crippen molar-refractivity contribution in [2.45, 2.75) is 6.92 Å². The molecule has 0 fully saturated rings. The Kier molecular flexibility index (Phi) is 5.84. The first-order valence-electron chi connectivity index (χ1n) is 3.14. The van der Waals surface area contributed by atoms with Crippen molar-refractivity contribution in [3.8, 4) is 11.8 Å². The van der Waals surface area contributed by atoms with Crippen LogP contribution in [0.15, 0.2) is 0 Å². The number of hydrogen-bond donors (Lipinski definition) is 0. The summed E-state index contributed by atoms with van der Waals surface area (Å²) >= 11 is 4.81. The molecule has 0 heterocycles. The zero-order valence-electron chi connectivity index (χ0n) is 6.43. The van der Waals surface area contributed by atoms with E-state index in [1.165, 1.54) is 0 Å². The average molecular weight is 191 g/mol. The Labute approximate surface area is 74.8 Å². The molecule has 0 saturated carbocycles. The minimum atomic E-state index is -0.951. The predicted octanol–water partition coefficient (Wildman–Crippen LogP) is 0.928. The molecule has 0 rings (SSSR count). The van der Waals surface area contributed by atoms with E-state index in [2.05, 4.69) is 21.3 Å². The molecular weight excluding hydrogens is 184 g/mol. The van der Waals surface area contributed by atoms with Gasteiger partial charge in [-0.25, -0.2) is 9.59 Å². The Morgan fingerprint density at radius 1 is 1.42 bits per heavy atom. The van der Waals surface area contributed by atoms with Crippen LogP contribution in [0.2, 0.25) is 0 Å². The maximum atomic E-state index is 10.5. The Hall–Kier alpha value is -1.21. The van der Waals surface area contributed by atoms with Crippen LogP contribution in [0.5, 0.6) is 0 Å². The fourth-order valence-corrected chi connectivity index (χ4v) is 0.423. The van der Waals surface area contributed by atoms with E-state index in [0.29, 0.717) is 0 Å². The molecule has 0 aromatic carbocycles. The van der Waals surface area contributed by atoms with Crippen molar-refractivity contribution in [1.29, 1.82) is 0 Å². The van der Waals surface area contributed by atoms with Crippen LogP contribution in [0, 0.1) is 11.8 Å². The summed E-state index contributed by atoms with van der Waals surface area (Å²) in [4.78, 5) is 20.5. The number of esters is 1. The zero-order chi connectivity index (χ0) is 9.40. The Balaban J connectivity index is 3.58. The van der Waals surface area contributed by atoms with Crippen molar-refractivity contribution in [3.63, 3.8) is 0 Å². The zero-order valence-corrected chi connectivity index (χ0v) is 7.18. The fraction of sp³-hybridized carbons (Fsp3) is 0.429. The molecule has 0 saturated heterocycles. The lowest BCUT2D eigenvalue weighted by Gasteiger charge is -1.91. The van der Waals surface area contributed by atoms with Crippen molar-refractivity contribution in [3.05, 3.63) is 0 Å². The summed E-state index contributed by atoms with van der Waals surface area (Å²) in [7, 11) is 0. The van der Waals surface area contributed by atoms with E-state index in [1.54, 1.807) is 6.92 Å². The molecule has 66 valence electrons. The van der Waals surface area contributed by atoms with E-state index in [1.807, 2.05) is 0 Å². The van der Waals surface area contributed by atoms with Gasteiger partial charge < -0.3 is 9.47 Å². The van der Waals surface area contributed by atoms with Gasteiger partial charge >= 0.3 is 11.4 Å². The molecule has 0 aliphatic heterocycles. The maximum absolute atomic E-state index is 10.5. The molecule has 0 aliphatic rings. The lowest BCUT2D eigenvalue weighted by Crippen LogP contribution is -2.00. The highest BCUT2D eigenvalue weighted by Crippen LogP contribution is 1.84. The third kappa shape index (κ3) is 6.90. The number of halogens is 1. The first kappa shape index (κ1) is 10.8. The van der Waals surface area contributed by atoms with Gasteiger partial charge in [-0.3, -0.25) is 0 Å². The van der Waals surface area contributed by atoms with Gasteiger partial charge in [-0.1, -0.05) is 0 Å². The number of carbonyl (C=O) groups excluding carboxylic acids is 2. The molecule has 0 N–H and O–H groups in total. The van der Waals surface area contributed by atoms with Crippen LogP contribution in [-0.2, 0) is 14.3 Å². The molecule has 0 atom stereocenters. The normalized spacial score (nSPS) is 7.83. The average Bonchev–Trinajstić information content (AvgIpc) is 1.98. The highest BCUT2D eigenvalue weighted by molar-refractivity contribution is 6.61. The van der Waals surface area contributed by atoms with E-state index < -0.39 is 11.4 Å². The molecule has 4 nitrogen and oxygen atoms in total. The summed E-state index contributed by atoms with van der Waals surface area (Å²) in [5, 5.41) is 0. The van der Waals surface area contributed by atoms with Gasteiger partial charge in [0.25, 0.3) is 0 Å². The minimum absolute atomic E-state index is 0.207. The van der Waals surface area contributed by atoms with Crippen molar-refractivity contribution in [2.24, 2.45) is 0 Å². The van der Waals surface area contributed by atoms with Crippen molar-refractivity contribution in [1.82, 2.24) is 0 Å². The number of hydrogen-bond acceptors (Lipinski definition) is 4. The van der Waals surface area contributed by atoms with Gasteiger partial charge in [-0.15, -0.1) is 0 Å². The quantitative estimate of drug-likeness (QED) is 0.281. The van der Waals surface area contributed by atoms with Crippen LogP contribution in [0.3, 0.4) is 0 Å². The van der Waals surface area contributed by atoms with E-state index in [-0.39, 0.29) is 13.2 Å².